The molecule has 2 heterocycles. The molecule has 1 aromatic carbocycles. The molecule has 4 rings (SSSR count). The van der Waals surface area contributed by atoms with Crippen LogP contribution in [0.1, 0.15) is 36.0 Å². The minimum absolute atomic E-state index is 0.0592. The fourth-order valence-electron chi connectivity index (χ4n) is 3.38. The van der Waals surface area contributed by atoms with Crippen LogP contribution in [0.15, 0.2) is 54.0 Å². The van der Waals surface area contributed by atoms with Gasteiger partial charge in [0.05, 0.1) is 16.1 Å². The minimum atomic E-state index is -0.0592. The third-order valence-electron chi connectivity index (χ3n) is 4.84. The summed E-state index contributed by atoms with van der Waals surface area (Å²) < 4.78 is 1.78. The number of carbonyl (C=O) groups excluding carboxylic acids is 1. The molecule has 1 aliphatic carbocycles. The van der Waals surface area contributed by atoms with Crippen molar-refractivity contribution in [3.63, 3.8) is 0 Å². The predicted octanol–water partition coefficient (Wildman–Crippen LogP) is 3.60. The summed E-state index contributed by atoms with van der Waals surface area (Å²) in [6.45, 7) is 0. The van der Waals surface area contributed by atoms with E-state index < -0.39 is 0 Å². The molecule has 1 amide bonds. The predicted molar refractivity (Wildman–Crippen MR) is 105 cm³/mol. The van der Waals surface area contributed by atoms with Gasteiger partial charge < -0.3 is 11.1 Å². The Kier molecular flexibility index (Phi) is 4.86. The standard InChI is InChI=1S/C20H22N4OS/c21-14-8-10-15(11-9-14)22-20(25)17-13-24(16-5-2-1-3-6-16)23-19(17)18-7-4-12-26-18/h1-7,12-15H,8-11,21H2,(H,22,25). The van der Waals surface area contributed by atoms with E-state index in [9.17, 15) is 4.79 Å². The summed E-state index contributed by atoms with van der Waals surface area (Å²) in [5.41, 5.74) is 8.26. The van der Waals surface area contributed by atoms with E-state index in [0.717, 1.165) is 41.9 Å². The third-order valence-corrected chi connectivity index (χ3v) is 5.72. The van der Waals surface area contributed by atoms with E-state index in [2.05, 4.69) is 5.32 Å². The number of carbonyl (C=O) groups is 1. The van der Waals surface area contributed by atoms with E-state index in [1.807, 2.05) is 54.0 Å². The lowest BCUT2D eigenvalue weighted by Crippen LogP contribution is -2.40. The number of amides is 1. The first-order chi connectivity index (χ1) is 12.7. The number of hydrogen-bond donors (Lipinski definition) is 2. The van der Waals surface area contributed by atoms with E-state index in [0.29, 0.717) is 5.56 Å². The molecule has 0 bridgehead atoms. The molecule has 1 fully saturated rings. The fourth-order valence-corrected chi connectivity index (χ4v) is 4.10. The van der Waals surface area contributed by atoms with Crippen molar-refractivity contribution in [2.75, 3.05) is 0 Å². The Balaban J connectivity index is 1.63. The van der Waals surface area contributed by atoms with Crippen LogP contribution in [0.3, 0.4) is 0 Å². The zero-order chi connectivity index (χ0) is 17.9. The maximum absolute atomic E-state index is 13.0. The molecule has 3 N–H and O–H groups in total. The summed E-state index contributed by atoms with van der Waals surface area (Å²) in [5.74, 6) is -0.0592. The number of nitrogens with one attached hydrogen (secondary N) is 1. The molecule has 6 heteroatoms. The number of nitrogens with two attached hydrogens (primary N) is 1. The molecular weight excluding hydrogens is 344 g/mol. The molecule has 1 saturated carbocycles. The van der Waals surface area contributed by atoms with Crippen molar-refractivity contribution in [1.29, 1.82) is 0 Å². The normalized spacial score (nSPS) is 20.0. The number of thiophene rings is 1. The summed E-state index contributed by atoms with van der Waals surface area (Å²) >= 11 is 1.59. The van der Waals surface area contributed by atoms with E-state index in [-0.39, 0.29) is 18.0 Å². The molecule has 0 spiro atoms. The molecule has 26 heavy (non-hydrogen) atoms. The van der Waals surface area contributed by atoms with Crippen molar-refractivity contribution in [3.05, 3.63) is 59.6 Å². The second-order valence-corrected chi connectivity index (χ2v) is 7.68. The highest BCUT2D eigenvalue weighted by Crippen LogP contribution is 2.28. The second kappa shape index (κ2) is 7.43. The molecule has 0 saturated heterocycles. The second-order valence-electron chi connectivity index (χ2n) is 6.73. The van der Waals surface area contributed by atoms with E-state index >= 15 is 0 Å². The van der Waals surface area contributed by atoms with Crippen LogP contribution in [0, 0.1) is 0 Å². The lowest BCUT2D eigenvalue weighted by molar-refractivity contribution is 0.0926. The highest BCUT2D eigenvalue weighted by molar-refractivity contribution is 7.13. The first-order valence-electron chi connectivity index (χ1n) is 8.96. The Morgan fingerprint density at radius 3 is 2.58 bits per heavy atom. The van der Waals surface area contributed by atoms with Crippen molar-refractivity contribution in [3.8, 4) is 16.3 Å². The number of benzene rings is 1. The summed E-state index contributed by atoms with van der Waals surface area (Å²) in [4.78, 5) is 14.0. The van der Waals surface area contributed by atoms with E-state index in [4.69, 9.17) is 10.8 Å². The zero-order valence-electron chi connectivity index (χ0n) is 14.5. The van der Waals surface area contributed by atoms with Crippen LogP contribution in [0.2, 0.25) is 0 Å². The summed E-state index contributed by atoms with van der Waals surface area (Å²) in [6, 6.07) is 14.3. The average molecular weight is 366 g/mol. The number of nitrogens with zero attached hydrogens (tertiary/aromatic N) is 2. The smallest absolute Gasteiger partial charge is 0.255 e. The van der Waals surface area contributed by atoms with Gasteiger partial charge in [-0.15, -0.1) is 11.3 Å². The van der Waals surface area contributed by atoms with Gasteiger partial charge in [-0.05, 0) is 49.3 Å². The average Bonchev–Trinajstić information content (AvgIpc) is 3.34. The zero-order valence-corrected chi connectivity index (χ0v) is 15.3. The molecule has 3 aromatic rings. The van der Waals surface area contributed by atoms with Crippen LogP contribution >= 0.6 is 11.3 Å². The SMILES string of the molecule is NC1CCC(NC(=O)c2cn(-c3ccccc3)nc2-c2cccs2)CC1. The molecule has 0 unspecified atom stereocenters. The molecule has 0 atom stereocenters. The van der Waals surface area contributed by atoms with E-state index in [1.54, 1.807) is 16.0 Å². The number of rotatable bonds is 4. The minimum Gasteiger partial charge on any atom is -0.349 e. The van der Waals surface area contributed by atoms with Crippen LogP contribution in [0.25, 0.3) is 16.3 Å². The van der Waals surface area contributed by atoms with Gasteiger partial charge in [0.2, 0.25) is 0 Å². The van der Waals surface area contributed by atoms with Gasteiger partial charge >= 0.3 is 0 Å². The highest BCUT2D eigenvalue weighted by Gasteiger charge is 2.24. The Hall–Kier alpha value is -2.44. The van der Waals surface area contributed by atoms with Crippen LogP contribution in [0.4, 0.5) is 0 Å². The van der Waals surface area contributed by atoms with Crippen LogP contribution in [-0.4, -0.2) is 27.8 Å². The van der Waals surface area contributed by atoms with E-state index in [1.165, 1.54) is 0 Å². The maximum atomic E-state index is 13.0. The van der Waals surface area contributed by atoms with Crippen LogP contribution < -0.4 is 11.1 Å². The third kappa shape index (κ3) is 3.57. The molecule has 0 radical (unpaired) electrons. The molecule has 5 nitrogen and oxygen atoms in total. The lowest BCUT2D eigenvalue weighted by atomic mass is 9.91. The summed E-state index contributed by atoms with van der Waals surface area (Å²) in [7, 11) is 0. The first-order valence-corrected chi connectivity index (χ1v) is 9.84. The lowest BCUT2D eigenvalue weighted by Gasteiger charge is -2.26. The van der Waals surface area contributed by atoms with Crippen molar-refractivity contribution >= 4 is 17.2 Å². The fraction of sp³-hybridized carbons (Fsp3) is 0.300. The topological polar surface area (TPSA) is 72.9 Å². The molecule has 2 aromatic heterocycles. The monoisotopic (exact) mass is 366 g/mol. The summed E-state index contributed by atoms with van der Waals surface area (Å²) in [6.07, 6.45) is 5.63. The van der Waals surface area contributed by atoms with Gasteiger partial charge in [-0.1, -0.05) is 24.3 Å². The van der Waals surface area contributed by atoms with Crippen molar-refractivity contribution in [2.45, 2.75) is 37.8 Å². The van der Waals surface area contributed by atoms with Crippen molar-refractivity contribution in [2.24, 2.45) is 5.73 Å². The van der Waals surface area contributed by atoms with Gasteiger partial charge in [-0.3, -0.25) is 4.79 Å². The van der Waals surface area contributed by atoms with Gasteiger partial charge in [-0.25, -0.2) is 4.68 Å². The number of para-hydroxylation sites is 1. The van der Waals surface area contributed by atoms with Crippen molar-refractivity contribution < 1.29 is 4.79 Å². The highest BCUT2D eigenvalue weighted by atomic mass is 32.1. The Bertz CT molecular complexity index is 865. The van der Waals surface area contributed by atoms with Gasteiger partial charge in [0, 0.05) is 18.3 Å². The van der Waals surface area contributed by atoms with Crippen LogP contribution in [-0.2, 0) is 0 Å². The maximum Gasteiger partial charge on any atom is 0.255 e. The Labute approximate surface area is 156 Å². The number of aromatic nitrogens is 2. The van der Waals surface area contributed by atoms with Crippen LogP contribution in [0.5, 0.6) is 0 Å². The van der Waals surface area contributed by atoms with Gasteiger partial charge in [0.15, 0.2) is 0 Å². The largest absolute Gasteiger partial charge is 0.349 e. The molecule has 0 aliphatic heterocycles. The molecular formula is C20H22N4OS. The molecule has 1 aliphatic rings. The Morgan fingerprint density at radius 1 is 1.12 bits per heavy atom. The molecule has 134 valence electrons. The van der Waals surface area contributed by atoms with Gasteiger partial charge in [0.25, 0.3) is 5.91 Å². The quantitative estimate of drug-likeness (QED) is 0.741. The van der Waals surface area contributed by atoms with Gasteiger partial charge in [0.1, 0.15) is 5.69 Å². The van der Waals surface area contributed by atoms with Crippen molar-refractivity contribution in [1.82, 2.24) is 15.1 Å². The van der Waals surface area contributed by atoms with Gasteiger partial charge in [-0.2, -0.15) is 5.10 Å². The first kappa shape index (κ1) is 17.0. The summed E-state index contributed by atoms with van der Waals surface area (Å²) in [5, 5.41) is 9.88. The number of hydrogen-bond acceptors (Lipinski definition) is 4. The Morgan fingerprint density at radius 2 is 1.88 bits per heavy atom.